The first kappa shape index (κ1) is 16.0. The number of carbonyl (C=O) groups excluding carboxylic acids is 1. The van der Waals surface area contributed by atoms with Gasteiger partial charge in [-0.2, -0.15) is 0 Å². The molecule has 0 fully saturated rings. The number of benzene rings is 1. The first-order valence-corrected chi connectivity index (χ1v) is 8.14. The van der Waals surface area contributed by atoms with Crippen LogP contribution < -0.4 is 5.73 Å². The van der Waals surface area contributed by atoms with Crippen molar-refractivity contribution >= 4 is 38.9 Å². The molecule has 2 rings (SSSR count). The van der Waals surface area contributed by atoms with Gasteiger partial charge in [-0.05, 0) is 45.6 Å². The molecule has 0 saturated heterocycles. The van der Waals surface area contributed by atoms with Gasteiger partial charge in [-0.15, -0.1) is 11.3 Å². The van der Waals surface area contributed by atoms with E-state index >= 15 is 0 Å². The molecule has 21 heavy (non-hydrogen) atoms. The molecule has 0 aliphatic carbocycles. The molecule has 0 atom stereocenters. The predicted molar refractivity (Wildman–Crippen MR) is 89.5 cm³/mol. The summed E-state index contributed by atoms with van der Waals surface area (Å²) in [6, 6.07) is 9.24. The molecule has 1 heterocycles. The lowest BCUT2D eigenvalue weighted by Crippen LogP contribution is -2.33. The quantitative estimate of drug-likeness (QED) is 0.795. The van der Waals surface area contributed by atoms with E-state index in [9.17, 15) is 4.79 Å². The van der Waals surface area contributed by atoms with E-state index in [1.54, 1.807) is 41.5 Å². The minimum absolute atomic E-state index is 0.0267. The normalized spacial score (nSPS) is 10.6. The number of carbonyl (C=O) groups is 1. The van der Waals surface area contributed by atoms with Gasteiger partial charge in [-0.25, -0.2) is 0 Å². The molecule has 112 valence electrons. The maximum Gasteiger partial charge on any atom is 0.254 e. The van der Waals surface area contributed by atoms with E-state index < -0.39 is 0 Å². The lowest BCUT2D eigenvalue weighted by atomic mass is 10.2. The first-order chi connectivity index (χ1) is 10.1. The maximum absolute atomic E-state index is 12.7. The predicted octanol–water partition coefficient (Wildman–Crippen LogP) is 3.38. The average Bonchev–Trinajstić information content (AvgIpc) is 2.98. The Morgan fingerprint density at radius 3 is 2.86 bits per heavy atom. The molecule has 1 aromatic carbocycles. The Hall–Kier alpha value is -1.37. The second-order valence-electron chi connectivity index (χ2n) is 4.54. The highest BCUT2D eigenvalue weighted by molar-refractivity contribution is 9.10. The topological polar surface area (TPSA) is 55.6 Å². The third-order valence-electron chi connectivity index (χ3n) is 3.03. The average molecular weight is 369 g/mol. The molecule has 0 aliphatic rings. The summed E-state index contributed by atoms with van der Waals surface area (Å²) in [4.78, 5) is 15.6. The van der Waals surface area contributed by atoms with Gasteiger partial charge >= 0.3 is 0 Å². The number of rotatable bonds is 6. The van der Waals surface area contributed by atoms with Gasteiger partial charge in [0.1, 0.15) is 0 Å². The Morgan fingerprint density at radius 1 is 1.43 bits per heavy atom. The number of hydrogen-bond donors (Lipinski definition) is 1. The van der Waals surface area contributed by atoms with Gasteiger partial charge in [-0.3, -0.25) is 4.79 Å². The molecule has 6 heteroatoms. The van der Waals surface area contributed by atoms with Crippen LogP contribution in [-0.4, -0.2) is 31.1 Å². The number of amides is 1. The summed E-state index contributed by atoms with van der Waals surface area (Å²) in [7, 11) is 1.63. The number of nitrogens with zero attached hydrogens (tertiary/aromatic N) is 1. The zero-order valence-electron chi connectivity index (χ0n) is 11.7. The van der Waals surface area contributed by atoms with E-state index in [0.717, 1.165) is 9.35 Å². The van der Waals surface area contributed by atoms with Crippen LogP contribution in [0, 0.1) is 0 Å². The van der Waals surface area contributed by atoms with Crippen LogP contribution in [0.3, 0.4) is 0 Å². The molecule has 0 saturated carbocycles. The zero-order valence-corrected chi connectivity index (χ0v) is 14.1. The summed E-state index contributed by atoms with van der Waals surface area (Å²) >= 11 is 5.00. The van der Waals surface area contributed by atoms with Gasteiger partial charge < -0.3 is 15.4 Å². The summed E-state index contributed by atoms with van der Waals surface area (Å²) in [6.45, 7) is 1.64. The number of hydrogen-bond acceptors (Lipinski definition) is 4. The highest BCUT2D eigenvalue weighted by atomic mass is 79.9. The standard InChI is InChI=1S/C15H17BrN2O2S/c1-20-7-6-18(10-12-3-2-8-21-12)15(19)11-4-5-14(17)13(16)9-11/h2-5,8-9H,6-7,10,17H2,1H3. The SMILES string of the molecule is COCCN(Cc1cccs1)C(=O)c1ccc(N)c(Br)c1. The second-order valence-corrected chi connectivity index (χ2v) is 6.42. The fourth-order valence-corrected chi connectivity index (χ4v) is 2.99. The first-order valence-electron chi connectivity index (χ1n) is 6.47. The molecule has 0 aliphatic heterocycles. The highest BCUT2D eigenvalue weighted by Gasteiger charge is 2.17. The van der Waals surface area contributed by atoms with Crippen molar-refractivity contribution in [3.05, 3.63) is 50.6 Å². The van der Waals surface area contributed by atoms with E-state index in [-0.39, 0.29) is 5.91 Å². The third-order valence-corrected chi connectivity index (χ3v) is 4.57. The molecule has 0 bridgehead atoms. The van der Waals surface area contributed by atoms with Crippen LogP contribution in [-0.2, 0) is 11.3 Å². The van der Waals surface area contributed by atoms with Crippen molar-refractivity contribution in [3.8, 4) is 0 Å². The molecular formula is C15H17BrN2O2S. The van der Waals surface area contributed by atoms with Crippen LogP contribution in [0.15, 0.2) is 40.2 Å². The number of ether oxygens (including phenoxy) is 1. The van der Waals surface area contributed by atoms with Crippen molar-refractivity contribution in [2.45, 2.75) is 6.54 Å². The number of methoxy groups -OCH3 is 1. The lowest BCUT2D eigenvalue weighted by Gasteiger charge is -2.22. The molecule has 0 unspecified atom stereocenters. The molecule has 1 amide bonds. The Bertz CT molecular complexity index is 602. The van der Waals surface area contributed by atoms with Crippen molar-refractivity contribution in [1.82, 2.24) is 4.90 Å². The highest BCUT2D eigenvalue weighted by Crippen LogP contribution is 2.22. The zero-order chi connectivity index (χ0) is 15.2. The van der Waals surface area contributed by atoms with E-state index in [0.29, 0.717) is 30.9 Å². The van der Waals surface area contributed by atoms with Crippen molar-refractivity contribution in [1.29, 1.82) is 0 Å². The van der Waals surface area contributed by atoms with Gasteiger partial charge in [0.05, 0.1) is 13.2 Å². The summed E-state index contributed by atoms with van der Waals surface area (Å²) in [5, 5.41) is 2.01. The summed E-state index contributed by atoms with van der Waals surface area (Å²) < 4.78 is 5.83. The Balaban J connectivity index is 2.18. The molecule has 1 aromatic heterocycles. The Kier molecular flexibility index (Phi) is 5.78. The largest absolute Gasteiger partial charge is 0.398 e. The molecule has 0 spiro atoms. The smallest absolute Gasteiger partial charge is 0.254 e. The third kappa shape index (κ3) is 4.30. The fraction of sp³-hybridized carbons (Fsp3) is 0.267. The van der Waals surface area contributed by atoms with Crippen LogP contribution in [0.4, 0.5) is 5.69 Å². The Labute approximate surface area is 136 Å². The van der Waals surface area contributed by atoms with Crippen molar-refractivity contribution in [3.63, 3.8) is 0 Å². The second kappa shape index (κ2) is 7.59. The summed E-state index contributed by atoms with van der Waals surface area (Å²) in [5.74, 6) is -0.0267. The molecule has 0 radical (unpaired) electrons. The Morgan fingerprint density at radius 2 is 2.24 bits per heavy atom. The van der Waals surface area contributed by atoms with Crippen molar-refractivity contribution in [2.75, 3.05) is 26.0 Å². The number of nitrogens with two attached hydrogens (primary N) is 1. The number of nitrogen functional groups attached to an aromatic ring is 1. The number of halogens is 1. The van der Waals surface area contributed by atoms with Crippen LogP contribution in [0.5, 0.6) is 0 Å². The minimum Gasteiger partial charge on any atom is -0.398 e. The van der Waals surface area contributed by atoms with Gasteiger partial charge in [0.15, 0.2) is 0 Å². The maximum atomic E-state index is 12.7. The minimum atomic E-state index is -0.0267. The van der Waals surface area contributed by atoms with Gasteiger partial charge in [0.2, 0.25) is 0 Å². The molecule has 2 aromatic rings. The number of thiophene rings is 1. The van der Waals surface area contributed by atoms with E-state index in [2.05, 4.69) is 15.9 Å². The van der Waals surface area contributed by atoms with E-state index in [4.69, 9.17) is 10.5 Å². The molecule has 4 nitrogen and oxygen atoms in total. The van der Waals surface area contributed by atoms with Gasteiger partial charge in [0.25, 0.3) is 5.91 Å². The van der Waals surface area contributed by atoms with Crippen molar-refractivity contribution in [2.24, 2.45) is 0 Å². The van der Waals surface area contributed by atoms with Crippen LogP contribution >= 0.6 is 27.3 Å². The molecular weight excluding hydrogens is 352 g/mol. The van der Waals surface area contributed by atoms with Crippen molar-refractivity contribution < 1.29 is 9.53 Å². The lowest BCUT2D eigenvalue weighted by molar-refractivity contribution is 0.0682. The van der Waals surface area contributed by atoms with Crippen LogP contribution in [0.2, 0.25) is 0 Å². The number of anilines is 1. The van der Waals surface area contributed by atoms with Gasteiger partial charge in [-0.1, -0.05) is 6.07 Å². The fourth-order valence-electron chi connectivity index (χ4n) is 1.89. The summed E-state index contributed by atoms with van der Waals surface area (Å²) in [5.41, 5.74) is 7.00. The van der Waals surface area contributed by atoms with E-state index in [1.807, 2.05) is 17.5 Å². The monoisotopic (exact) mass is 368 g/mol. The van der Waals surface area contributed by atoms with E-state index in [1.165, 1.54) is 0 Å². The van der Waals surface area contributed by atoms with Crippen LogP contribution in [0.1, 0.15) is 15.2 Å². The van der Waals surface area contributed by atoms with Gasteiger partial charge in [0, 0.05) is 34.3 Å². The summed E-state index contributed by atoms with van der Waals surface area (Å²) in [6.07, 6.45) is 0. The molecule has 2 N–H and O–H groups in total. The van der Waals surface area contributed by atoms with Crippen LogP contribution in [0.25, 0.3) is 0 Å².